The fourth-order valence-electron chi connectivity index (χ4n) is 2.90. The zero-order chi connectivity index (χ0) is 18.1. The van der Waals surface area contributed by atoms with Crippen LogP contribution in [-0.2, 0) is 0 Å². The predicted molar refractivity (Wildman–Crippen MR) is 121 cm³/mol. The molecule has 0 aliphatic heterocycles. The summed E-state index contributed by atoms with van der Waals surface area (Å²) in [6, 6.07) is 17.8. The van der Waals surface area contributed by atoms with Gasteiger partial charge < -0.3 is 0 Å². The van der Waals surface area contributed by atoms with Crippen LogP contribution in [0.5, 0.6) is 0 Å². The van der Waals surface area contributed by atoms with E-state index in [1.165, 1.54) is 32.8 Å². The predicted octanol–water partition coefficient (Wildman–Crippen LogP) is 1.38. The first-order chi connectivity index (χ1) is 12.1. The average Bonchev–Trinajstić information content (AvgIpc) is 2.63. The molecule has 0 radical (unpaired) electrons. The van der Waals surface area contributed by atoms with Crippen LogP contribution in [0.1, 0.15) is 13.8 Å². The van der Waals surface area contributed by atoms with Gasteiger partial charge in [-0.05, 0) is 6.92 Å². The first kappa shape index (κ1) is 18.9. The second kappa shape index (κ2) is 9.79. The van der Waals surface area contributed by atoms with Crippen LogP contribution >= 0.6 is 0 Å². The summed E-state index contributed by atoms with van der Waals surface area (Å²) in [5.41, 5.74) is 7.97. The Kier molecular flexibility index (Phi) is 7.41. The minimum Gasteiger partial charge on any atom is -0.103 e. The summed E-state index contributed by atoms with van der Waals surface area (Å²) in [7, 11) is 2.91. The zero-order valence-corrected chi connectivity index (χ0v) is 15.5. The van der Waals surface area contributed by atoms with Crippen LogP contribution in [0.4, 0.5) is 0 Å². The molecule has 0 nitrogen and oxygen atoms in total. The fraction of sp³-hybridized carbons (Fsp3) is 0.0909. The second-order valence-corrected chi connectivity index (χ2v) is 6.48. The normalized spacial score (nSPS) is 11.6. The van der Waals surface area contributed by atoms with Gasteiger partial charge in [0.05, 0.1) is 0 Å². The molecule has 2 aromatic carbocycles. The van der Waals surface area contributed by atoms with Crippen molar-refractivity contribution in [3.8, 4) is 0 Å². The molecule has 0 aliphatic carbocycles. The molecule has 0 saturated carbocycles. The summed E-state index contributed by atoms with van der Waals surface area (Å²) in [6.07, 6.45) is 7.97. The molecule has 0 fully saturated rings. The summed E-state index contributed by atoms with van der Waals surface area (Å²) in [6.45, 7) is 11.8. The Balaban J connectivity index is 1.99. The third kappa shape index (κ3) is 6.19. The molecule has 0 atom stereocenters. The summed E-state index contributed by atoms with van der Waals surface area (Å²) >= 11 is 0. The number of hydrogen-bond acceptors (Lipinski definition) is 0. The van der Waals surface area contributed by atoms with Crippen molar-refractivity contribution in [2.75, 3.05) is 0 Å². The smallest absolute Gasteiger partial charge is 0.103 e. The van der Waals surface area contributed by atoms with Crippen LogP contribution in [0.2, 0.25) is 0 Å². The van der Waals surface area contributed by atoms with Gasteiger partial charge in [-0.2, -0.15) is 0 Å². The van der Waals surface area contributed by atoms with E-state index in [1.807, 2.05) is 12.2 Å². The number of rotatable bonds is 8. The van der Waals surface area contributed by atoms with Crippen molar-refractivity contribution in [2.24, 2.45) is 0 Å². The van der Waals surface area contributed by atoms with E-state index in [-0.39, 0.29) is 0 Å². The fourth-order valence-corrected chi connectivity index (χ4v) is 2.90. The molecule has 0 spiro atoms. The SMILES string of the molecule is C=C/C=C(\C)Bc1ccc(Bc2ccc(B/C(C=C)=C/C)cc2)cc1. The van der Waals surface area contributed by atoms with E-state index in [0.717, 1.165) is 21.8 Å². The van der Waals surface area contributed by atoms with E-state index in [0.29, 0.717) is 0 Å². The third-order valence-electron chi connectivity index (χ3n) is 4.38. The van der Waals surface area contributed by atoms with Gasteiger partial charge in [-0.25, -0.2) is 0 Å². The van der Waals surface area contributed by atoms with E-state index >= 15 is 0 Å². The van der Waals surface area contributed by atoms with E-state index in [9.17, 15) is 0 Å². The summed E-state index contributed by atoms with van der Waals surface area (Å²) < 4.78 is 0. The molecule has 0 heterocycles. The van der Waals surface area contributed by atoms with E-state index in [4.69, 9.17) is 0 Å². The summed E-state index contributed by atoms with van der Waals surface area (Å²) in [4.78, 5) is 0. The van der Waals surface area contributed by atoms with Crippen molar-refractivity contribution in [3.05, 3.63) is 96.9 Å². The lowest BCUT2D eigenvalue weighted by Gasteiger charge is -2.05. The van der Waals surface area contributed by atoms with E-state index in [2.05, 4.69) is 87.7 Å². The number of hydrogen-bond donors (Lipinski definition) is 0. The third-order valence-corrected chi connectivity index (χ3v) is 4.38. The van der Waals surface area contributed by atoms with Crippen LogP contribution in [0.25, 0.3) is 0 Å². The van der Waals surface area contributed by atoms with Crippen LogP contribution in [0.15, 0.2) is 96.9 Å². The molecular formula is C22H25B3. The van der Waals surface area contributed by atoms with Gasteiger partial charge in [-0.15, -0.1) is 5.47 Å². The molecule has 25 heavy (non-hydrogen) atoms. The van der Waals surface area contributed by atoms with Crippen molar-refractivity contribution >= 4 is 43.7 Å². The van der Waals surface area contributed by atoms with Gasteiger partial charge in [0, 0.05) is 0 Å². The van der Waals surface area contributed by atoms with Gasteiger partial charge in [0.2, 0.25) is 0 Å². The highest BCUT2D eigenvalue weighted by atomic mass is 13.9. The maximum absolute atomic E-state index is 3.86. The minimum absolute atomic E-state index is 0.951. The Morgan fingerprint density at radius 1 is 0.800 bits per heavy atom. The van der Waals surface area contributed by atoms with Crippen LogP contribution in [0, 0.1) is 0 Å². The largest absolute Gasteiger partial charge is 0.192 e. The first-order valence-corrected chi connectivity index (χ1v) is 8.86. The number of allylic oxidation sites excluding steroid dienone is 6. The van der Waals surface area contributed by atoms with Gasteiger partial charge in [-0.3, -0.25) is 0 Å². The van der Waals surface area contributed by atoms with Gasteiger partial charge in [0.15, 0.2) is 21.8 Å². The molecule has 0 saturated heterocycles. The highest BCUT2D eigenvalue weighted by molar-refractivity contribution is 6.68. The first-order valence-electron chi connectivity index (χ1n) is 8.86. The van der Waals surface area contributed by atoms with Crippen molar-refractivity contribution in [1.29, 1.82) is 0 Å². The van der Waals surface area contributed by atoms with Crippen LogP contribution in [0.3, 0.4) is 0 Å². The van der Waals surface area contributed by atoms with Gasteiger partial charge in [-0.1, -0.05) is 120 Å². The maximum atomic E-state index is 3.86. The molecule has 2 rings (SSSR count). The van der Waals surface area contributed by atoms with Crippen LogP contribution in [-0.4, -0.2) is 21.8 Å². The Bertz CT molecular complexity index is 766. The van der Waals surface area contributed by atoms with Crippen molar-refractivity contribution in [2.45, 2.75) is 13.8 Å². The topological polar surface area (TPSA) is 0 Å². The Morgan fingerprint density at radius 2 is 1.28 bits per heavy atom. The molecule has 0 aliphatic rings. The lowest BCUT2D eigenvalue weighted by atomic mass is 9.59. The molecule has 0 unspecified atom stereocenters. The van der Waals surface area contributed by atoms with Crippen molar-refractivity contribution < 1.29 is 0 Å². The molecule has 122 valence electrons. The molecular weight excluding hydrogens is 297 g/mol. The molecule has 3 heteroatoms. The van der Waals surface area contributed by atoms with Crippen molar-refractivity contribution in [1.82, 2.24) is 0 Å². The van der Waals surface area contributed by atoms with E-state index in [1.54, 1.807) is 0 Å². The van der Waals surface area contributed by atoms with Gasteiger partial charge in [0.1, 0.15) is 0 Å². The monoisotopic (exact) mass is 322 g/mol. The molecule has 0 bridgehead atoms. The Labute approximate surface area is 154 Å². The highest BCUT2D eigenvalue weighted by Gasteiger charge is 2.03. The maximum Gasteiger partial charge on any atom is 0.192 e. The molecule has 0 amide bonds. The van der Waals surface area contributed by atoms with Gasteiger partial charge >= 0.3 is 0 Å². The van der Waals surface area contributed by atoms with Crippen molar-refractivity contribution in [3.63, 3.8) is 0 Å². The van der Waals surface area contributed by atoms with Crippen LogP contribution < -0.4 is 21.9 Å². The Morgan fingerprint density at radius 3 is 1.72 bits per heavy atom. The Hall–Kier alpha value is -2.41. The molecule has 2 aromatic rings. The second-order valence-electron chi connectivity index (χ2n) is 6.48. The summed E-state index contributed by atoms with van der Waals surface area (Å²) in [5, 5.41) is 0. The highest BCUT2D eigenvalue weighted by Crippen LogP contribution is 1.94. The minimum atomic E-state index is 0.951. The number of benzene rings is 2. The van der Waals surface area contributed by atoms with E-state index < -0.39 is 0 Å². The quantitative estimate of drug-likeness (QED) is 0.509. The lowest BCUT2D eigenvalue weighted by molar-refractivity contribution is 1.64. The summed E-state index contributed by atoms with van der Waals surface area (Å²) in [5.74, 6) is 0. The van der Waals surface area contributed by atoms with Gasteiger partial charge in [0.25, 0.3) is 0 Å². The average molecular weight is 322 g/mol. The lowest BCUT2D eigenvalue weighted by Crippen LogP contribution is -2.30. The zero-order valence-electron chi connectivity index (χ0n) is 15.5. The molecule has 0 N–H and O–H groups in total. The standard InChI is InChI=1S/C22H25B3/c1-5-8-17(4)23-19-9-11-21(12-10-19)25-22-15-13-20(14-16-22)24-18(6-2)7-3/h5-16,23-25H,1-2H2,3-4H3/b17-8+,18-7+. The molecule has 0 aromatic heterocycles.